The van der Waals surface area contributed by atoms with E-state index in [1.807, 2.05) is 11.3 Å². The highest BCUT2D eigenvalue weighted by atomic mass is 32.1. The highest BCUT2D eigenvalue weighted by Gasteiger charge is 2.31. The summed E-state index contributed by atoms with van der Waals surface area (Å²) in [4.78, 5) is 6.45. The molecule has 5 heteroatoms. The molecular formula is C21H23N2O2S+. The third-order valence-electron chi connectivity index (χ3n) is 5.37. The molecule has 1 unspecified atom stereocenters. The number of hydrogen-bond donors (Lipinski definition) is 1. The van der Waals surface area contributed by atoms with Crippen LogP contribution in [0.4, 0.5) is 0 Å². The number of ether oxygens (including phenoxy) is 2. The Morgan fingerprint density at radius 2 is 1.92 bits per heavy atom. The molecule has 1 N–H and O–H groups in total. The lowest BCUT2D eigenvalue weighted by Gasteiger charge is -2.21. The first kappa shape index (κ1) is 16.1. The minimum atomic E-state index is 0.513. The fraction of sp³-hybridized carbons (Fsp3) is 0.381. The summed E-state index contributed by atoms with van der Waals surface area (Å²) in [5.41, 5.74) is 2.49. The second-order valence-electron chi connectivity index (χ2n) is 7.11. The topological polar surface area (TPSA) is 35.8 Å². The van der Waals surface area contributed by atoms with E-state index in [0.717, 1.165) is 43.2 Å². The van der Waals surface area contributed by atoms with Crippen LogP contribution in [0.25, 0.3) is 10.2 Å². The predicted molar refractivity (Wildman–Crippen MR) is 103 cm³/mol. The Morgan fingerprint density at radius 3 is 2.85 bits per heavy atom. The van der Waals surface area contributed by atoms with Crippen molar-refractivity contribution in [1.29, 1.82) is 0 Å². The predicted octanol–water partition coefficient (Wildman–Crippen LogP) is 3.38. The Morgan fingerprint density at radius 1 is 1.04 bits per heavy atom. The molecule has 3 aromatic rings. The average molecular weight is 367 g/mol. The number of likely N-dealkylation sites (tertiary alicyclic amines) is 1. The number of thiazole rings is 1. The van der Waals surface area contributed by atoms with Crippen molar-refractivity contribution < 1.29 is 14.4 Å². The molecule has 1 saturated heterocycles. The molecule has 5 rings (SSSR count). The first-order valence-corrected chi connectivity index (χ1v) is 10.3. The van der Waals surface area contributed by atoms with Gasteiger partial charge in [-0.3, -0.25) is 0 Å². The van der Waals surface area contributed by atoms with Crippen LogP contribution in [0.3, 0.4) is 0 Å². The summed E-state index contributed by atoms with van der Waals surface area (Å²) in [6.07, 6.45) is 3.43. The number of rotatable bonds is 3. The molecule has 1 fully saturated rings. The number of nitrogens with zero attached hydrogens (tertiary/aromatic N) is 1. The lowest BCUT2D eigenvalue weighted by molar-refractivity contribution is -0.932. The Kier molecular flexibility index (Phi) is 4.27. The second kappa shape index (κ2) is 6.89. The molecule has 4 nitrogen and oxygen atoms in total. The van der Waals surface area contributed by atoms with Gasteiger partial charge in [-0.15, -0.1) is 11.3 Å². The molecule has 2 aromatic carbocycles. The molecule has 3 heterocycles. The van der Waals surface area contributed by atoms with Crippen molar-refractivity contribution in [2.75, 3.05) is 19.8 Å². The summed E-state index contributed by atoms with van der Waals surface area (Å²) in [7, 11) is 0. The van der Waals surface area contributed by atoms with Gasteiger partial charge in [-0.2, -0.15) is 0 Å². The van der Waals surface area contributed by atoms with E-state index >= 15 is 0 Å². The van der Waals surface area contributed by atoms with Crippen LogP contribution >= 0.6 is 11.3 Å². The van der Waals surface area contributed by atoms with Crippen molar-refractivity contribution in [2.45, 2.75) is 31.8 Å². The molecule has 0 radical (unpaired) electrons. The quantitative estimate of drug-likeness (QED) is 0.771. The fourth-order valence-electron chi connectivity index (χ4n) is 4.11. The minimum absolute atomic E-state index is 0.513. The minimum Gasteiger partial charge on any atom is -0.490 e. The van der Waals surface area contributed by atoms with Crippen LogP contribution in [0.1, 0.15) is 35.9 Å². The summed E-state index contributed by atoms with van der Waals surface area (Å²) >= 11 is 1.83. The highest BCUT2D eigenvalue weighted by Crippen LogP contribution is 2.33. The summed E-state index contributed by atoms with van der Waals surface area (Å²) in [5.74, 6) is 1.79. The van der Waals surface area contributed by atoms with Gasteiger partial charge in [0, 0.05) is 24.8 Å². The summed E-state index contributed by atoms with van der Waals surface area (Å²) in [6, 6.07) is 15.5. The number of aromatic nitrogens is 1. The third kappa shape index (κ3) is 3.06. The molecule has 0 spiro atoms. The van der Waals surface area contributed by atoms with Crippen LogP contribution in [0.5, 0.6) is 11.5 Å². The van der Waals surface area contributed by atoms with Gasteiger partial charge < -0.3 is 14.4 Å². The van der Waals surface area contributed by atoms with Crippen LogP contribution < -0.4 is 14.4 Å². The summed E-state index contributed by atoms with van der Waals surface area (Å²) in [5, 5.41) is 1.24. The van der Waals surface area contributed by atoms with E-state index in [4.69, 9.17) is 14.5 Å². The summed E-state index contributed by atoms with van der Waals surface area (Å²) in [6.45, 7) is 3.68. The maximum atomic E-state index is 5.90. The van der Waals surface area contributed by atoms with E-state index in [2.05, 4.69) is 42.5 Å². The highest BCUT2D eigenvalue weighted by molar-refractivity contribution is 7.18. The number of benzene rings is 2. The Hall–Kier alpha value is -2.11. The number of para-hydroxylation sites is 1. The second-order valence-corrected chi connectivity index (χ2v) is 8.23. The largest absolute Gasteiger partial charge is 0.490 e. The molecule has 134 valence electrons. The number of fused-ring (bicyclic) bond motifs is 2. The van der Waals surface area contributed by atoms with Crippen LogP contribution in [-0.2, 0) is 6.54 Å². The Labute approximate surface area is 157 Å². The van der Waals surface area contributed by atoms with E-state index < -0.39 is 0 Å². The maximum absolute atomic E-state index is 5.90. The number of hydrogen-bond acceptors (Lipinski definition) is 4. The smallest absolute Gasteiger partial charge is 0.161 e. The van der Waals surface area contributed by atoms with Crippen LogP contribution in [0.2, 0.25) is 0 Å². The molecule has 2 aliphatic heterocycles. The molecule has 2 aliphatic rings. The first-order valence-electron chi connectivity index (χ1n) is 9.45. The van der Waals surface area contributed by atoms with Gasteiger partial charge >= 0.3 is 0 Å². The van der Waals surface area contributed by atoms with Gasteiger partial charge in [0.1, 0.15) is 17.6 Å². The molecular weight excluding hydrogens is 344 g/mol. The standard InChI is InChI=1S/C21H22N2O2S/c1-2-7-20-16(5-1)22-21(26-20)14-23-10-3-6-17(23)15-8-9-18-19(13-15)25-12-4-11-24-18/h1-2,5,7-9,13,17H,3-4,6,10-12,14H2/p+1/t17-/m1/s1. The fourth-order valence-corrected chi connectivity index (χ4v) is 5.13. The number of quaternary nitrogens is 1. The van der Waals surface area contributed by atoms with Crippen molar-refractivity contribution >= 4 is 21.6 Å². The van der Waals surface area contributed by atoms with Gasteiger partial charge in [0.25, 0.3) is 0 Å². The Balaban J connectivity index is 1.39. The zero-order chi connectivity index (χ0) is 17.3. The molecule has 0 saturated carbocycles. The Bertz CT molecular complexity index is 890. The van der Waals surface area contributed by atoms with Gasteiger partial charge in [-0.1, -0.05) is 12.1 Å². The van der Waals surface area contributed by atoms with Gasteiger partial charge in [-0.25, -0.2) is 4.98 Å². The molecule has 0 bridgehead atoms. The lowest BCUT2D eigenvalue weighted by atomic mass is 10.0. The zero-order valence-electron chi connectivity index (χ0n) is 14.7. The molecule has 0 amide bonds. The van der Waals surface area contributed by atoms with Crippen LogP contribution in [0.15, 0.2) is 42.5 Å². The normalized spacial score (nSPS) is 22.5. The van der Waals surface area contributed by atoms with Gasteiger partial charge in [0.15, 0.2) is 11.5 Å². The molecule has 2 atom stereocenters. The van der Waals surface area contributed by atoms with Crippen molar-refractivity contribution in [1.82, 2.24) is 4.98 Å². The molecule has 0 aliphatic carbocycles. The van der Waals surface area contributed by atoms with Gasteiger partial charge in [-0.05, 0) is 30.3 Å². The van der Waals surface area contributed by atoms with E-state index in [-0.39, 0.29) is 0 Å². The lowest BCUT2D eigenvalue weighted by Crippen LogP contribution is -3.08. The van der Waals surface area contributed by atoms with Gasteiger partial charge in [0.2, 0.25) is 0 Å². The molecule has 1 aromatic heterocycles. The van der Waals surface area contributed by atoms with Crippen molar-refractivity contribution in [3.05, 3.63) is 53.0 Å². The van der Waals surface area contributed by atoms with Crippen molar-refractivity contribution in [3.8, 4) is 11.5 Å². The number of nitrogens with one attached hydrogen (secondary N) is 1. The van der Waals surface area contributed by atoms with Gasteiger partial charge in [0.05, 0.1) is 30.0 Å². The van der Waals surface area contributed by atoms with E-state index in [9.17, 15) is 0 Å². The SMILES string of the molecule is c1ccc2sc(C[NH+]3CCC[C@@H]3c3ccc4c(c3)OCCCO4)nc2c1. The van der Waals surface area contributed by atoms with Crippen molar-refractivity contribution in [2.24, 2.45) is 0 Å². The average Bonchev–Trinajstić information content (AvgIpc) is 3.21. The summed E-state index contributed by atoms with van der Waals surface area (Å²) < 4.78 is 13.0. The monoisotopic (exact) mass is 367 g/mol. The zero-order valence-corrected chi connectivity index (χ0v) is 15.6. The van der Waals surface area contributed by atoms with Crippen LogP contribution in [-0.4, -0.2) is 24.7 Å². The van der Waals surface area contributed by atoms with Crippen molar-refractivity contribution in [3.63, 3.8) is 0 Å². The van der Waals surface area contributed by atoms with E-state index in [1.54, 1.807) is 4.90 Å². The third-order valence-corrected chi connectivity index (χ3v) is 6.41. The van der Waals surface area contributed by atoms with Crippen LogP contribution in [0, 0.1) is 0 Å². The van der Waals surface area contributed by atoms with E-state index in [1.165, 1.54) is 34.7 Å². The van der Waals surface area contributed by atoms with E-state index in [0.29, 0.717) is 6.04 Å². The maximum Gasteiger partial charge on any atom is 0.161 e. The first-order chi connectivity index (χ1) is 12.9. The molecule has 26 heavy (non-hydrogen) atoms.